The van der Waals surface area contributed by atoms with E-state index in [2.05, 4.69) is 21.9 Å². The second kappa shape index (κ2) is 10.3. The van der Waals surface area contributed by atoms with Gasteiger partial charge in [0.2, 0.25) is 5.91 Å². The number of hydrogen-bond acceptors (Lipinski definition) is 6. The molecule has 9 nitrogen and oxygen atoms in total. The van der Waals surface area contributed by atoms with Gasteiger partial charge in [0.05, 0.1) is 18.9 Å². The van der Waals surface area contributed by atoms with Crippen LogP contribution in [0.15, 0.2) is 65.8 Å². The standard InChI is InChI=1S/C25H28N6O3/c1-2-24(32)28-19-5-3-4-17(12-19)21-13-18(25(33)31-8-10-34-11-9-31)14-23(29-21)30-22(27)15-20(26)16-6-7-16/h2-5,12-16H,1,6-11,26H2,(H,28,32)(H2,27,29,30)/b20-15-. The number of nitrogens with one attached hydrogen (secondary N) is 1. The Bertz CT molecular complexity index is 1160. The molecule has 0 unspecified atom stereocenters. The number of anilines is 1. The fourth-order valence-electron chi connectivity index (χ4n) is 3.61. The van der Waals surface area contributed by atoms with E-state index in [1.54, 1.807) is 41.3 Å². The van der Waals surface area contributed by atoms with Gasteiger partial charge in [0.25, 0.3) is 5.91 Å². The van der Waals surface area contributed by atoms with Gasteiger partial charge in [-0.15, -0.1) is 0 Å². The summed E-state index contributed by atoms with van der Waals surface area (Å²) in [7, 11) is 0. The molecule has 1 saturated heterocycles. The third kappa shape index (κ3) is 5.87. The number of hydrogen-bond donors (Lipinski definition) is 3. The number of aromatic nitrogens is 1. The van der Waals surface area contributed by atoms with Gasteiger partial charge in [0.15, 0.2) is 5.82 Å². The maximum Gasteiger partial charge on any atom is 0.254 e. The highest BCUT2D eigenvalue weighted by Gasteiger charge is 2.24. The summed E-state index contributed by atoms with van der Waals surface area (Å²) in [5.41, 5.74) is 15.1. The zero-order chi connectivity index (χ0) is 24.1. The van der Waals surface area contributed by atoms with Gasteiger partial charge >= 0.3 is 0 Å². The molecule has 0 atom stereocenters. The fourth-order valence-corrected chi connectivity index (χ4v) is 3.61. The van der Waals surface area contributed by atoms with E-state index in [1.807, 2.05) is 6.07 Å². The Labute approximate surface area is 198 Å². The third-order valence-electron chi connectivity index (χ3n) is 5.58. The number of amidine groups is 1. The molecule has 0 bridgehead atoms. The zero-order valence-electron chi connectivity index (χ0n) is 18.9. The molecular weight excluding hydrogens is 432 g/mol. The number of morpholine rings is 1. The van der Waals surface area contributed by atoms with E-state index in [9.17, 15) is 9.59 Å². The smallest absolute Gasteiger partial charge is 0.254 e. The van der Waals surface area contributed by atoms with Crippen molar-refractivity contribution in [2.75, 3.05) is 31.6 Å². The number of benzene rings is 1. The monoisotopic (exact) mass is 460 g/mol. The van der Waals surface area contributed by atoms with E-state index in [0.717, 1.165) is 12.8 Å². The molecule has 2 fully saturated rings. The summed E-state index contributed by atoms with van der Waals surface area (Å²) in [4.78, 5) is 35.7. The number of rotatable bonds is 7. The van der Waals surface area contributed by atoms with Crippen molar-refractivity contribution in [1.29, 1.82) is 0 Å². The molecule has 34 heavy (non-hydrogen) atoms. The highest BCUT2D eigenvalue weighted by atomic mass is 16.5. The predicted octanol–water partition coefficient (Wildman–Crippen LogP) is 2.59. The predicted molar refractivity (Wildman–Crippen MR) is 131 cm³/mol. The minimum atomic E-state index is -0.320. The SMILES string of the molecule is C=CC(=O)Nc1cccc(-c2cc(C(=O)N3CCOCC3)cc(N=C(N)/C=C(\N)C3CC3)n2)c1. The average molecular weight is 461 g/mol. The molecule has 5 N–H and O–H groups in total. The number of pyridine rings is 1. The summed E-state index contributed by atoms with van der Waals surface area (Å²) in [5.74, 6) is 0.434. The van der Waals surface area contributed by atoms with Crippen LogP contribution in [-0.4, -0.2) is 53.8 Å². The lowest BCUT2D eigenvalue weighted by molar-refractivity contribution is -0.111. The van der Waals surface area contributed by atoms with Crippen molar-refractivity contribution in [2.24, 2.45) is 22.4 Å². The normalized spacial score (nSPS) is 16.8. The first kappa shape index (κ1) is 23.2. The third-order valence-corrected chi connectivity index (χ3v) is 5.58. The maximum atomic E-state index is 13.2. The average Bonchev–Trinajstić information content (AvgIpc) is 3.70. The molecule has 176 valence electrons. The molecule has 4 rings (SSSR count). The Morgan fingerprint density at radius 1 is 1.18 bits per heavy atom. The van der Waals surface area contributed by atoms with Gasteiger partial charge in [-0.1, -0.05) is 18.7 Å². The minimum absolute atomic E-state index is 0.133. The number of nitrogens with zero attached hydrogens (tertiary/aromatic N) is 3. The van der Waals surface area contributed by atoms with Crippen LogP contribution >= 0.6 is 0 Å². The van der Waals surface area contributed by atoms with Gasteiger partial charge in [-0.05, 0) is 55.2 Å². The maximum absolute atomic E-state index is 13.2. The van der Waals surface area contributed by atoms with Crippen LogP contribution < -0.4 is 16.8 Å². The summed E-state index contributed by atoms with van der Waals surface area (Å²) >= 11 is 0. The van der Waals surface area contributed by atoms with Crippen LogP contribution in [0.4, 0.5) is 11.5 Å². The Kier molecular flexibility index (Phi) is 7.03. The fraction of sp³-hybridized carbons (Fsp3) is 0.280. The molecule has 1 aromatic heterocycles. The molecule has 2 amide bonds. The van der Waals surface area contributed by atoms with Gasteiger partial charge in [0.1, 0.15) is 5.84 Å². The molecule has 9 heteroatoms. The van der Waals surface area contributed by atoms with Crippen LogP contribution in [0.3, 0.4) is 0 Å². The van der Waals surface area contributed by atoms with Crippen molar-refractivity contribution in [1.82, 2.24) is 9.88 Å². The van der Waals surface area contributed by atoms with Crippen LogP contribution in [0.1, 0.15) is 23.2 Å². The highest BCUT2D eigenvalue weighted by molar-refractivity contribution is 6.00. The number of amides is 2. The Hall–Kier alpha value is -3.98. The van der Waals surface area contributed by atoms with Gasteiger partial charge in [-0.25, -0.2) is 9.98 Å². The molecule has 2 aromatic rings. The number of carbonyl (C=O) groups is 2. The topological polar surface area (TPSA) is 136 Å². The van der Waals surface area contributed by atoms with Crippen LogP contribution in [0, 0.1) is 5.92 Å². The number of ether oxygens (including phenoxy) is 1. The lowest BCUT2D eigenvalue weighted by Crippen LogP contribution is -2.40. The molecule has 2 aliphatic rings. The van der Waals surface area contributed by atoms with Crippen LogP contribution in [0.25, 0.3) is 11.3 Å². The van der Waals surface area contributed by atoms with Gasteiger partial charge in [0, 0.05) is 35.6 Å². The summed E-state index contributed by atoms with van der Waals surface area (Å²) < 4.78 is 5.37. The van der Waals surface area contributed by atoms with E-state index in [-0.39, 0.29) is 17.6 Å². The van der Waals surface area contributed by atoms with E-state index in [0.29, 0.717) is 66.2 Å². The summed E-state index contributed by atoms with van der Waals surface area (Å²) in [6.07, 6.45) is 4.96. The number of nitrogens with two attached hydrogens (primary N) is 2. The second-order valence-electron chi connectivity index (χ2n) is 8.23. The number of carbonyl (C=O) groups excluding carboxylic acids is 2. The quantitative estimate of drug-likeness (QED) is 0.330. The Balaban J connectivity index is 1.71. The van der Waals surface area contributed by atoms with E-state index < -0.39 is 0 Å². The molecule has 2 heterocycles. The number of aliphatic imine (C=N–C) groups is 1. The van der Waals surface area contributed by atoms with Gasteiger partial charge in [-0.3, -0.25) is 9.59 Å². The zero-order valence-corrected chi connectivity index (χ0v) is 18.9. The second-order valence-corrected chi connectivity index (χ2v) is 8.23. The summed E-state index contributed by atoms with van der Waals surface area (Å²) in [6, 6.07) is 10.5. The Morgan fingerprint density at radius 2 is 1.94 bits per heavy atom. The minimum Gasteiger partial charge on any atom is -0.402 e. The lowest BCUT2D eigenvalue weighted by atomic mass is 10.1. The van der Waals surface area contributed by atoms with Crippen molar-refractivity contribution >= 4 is 29.2 Å². The molecular formula is C25H28N6O3. The molecule has 1 aliphatic heterocycles. The number of allylic oxidation sites excluding steroid dienone is 1. The summed E-state index contributed by atoms with van der Waals surface area (Å²) in [5, 5.41) is 2.73. The largest absolute Gasteiger partial charge is 0.402 e. The first-order chi connectivity index (χ1) is 16.4. The molecule has 1 aromatic carbocycles. The van der Waals surface area contributed by atoms with Crippen LogP contribution in [0.2, 0.25) is 0 Å². The Morgan fingerprint density at radius 3 is 2.65 bits per heavy atom. The van der Waals surface area contributed by atoms with E-state index in [4.69, 9.17) is 16.2 Å². The first-order valence-corrected chi connectivity index (χ1v) is 11.2. The molecule has 0 spiro atoms. The highest BCUT2D eigenvalue weighted by Crippen LogP contribution is 2.33. The summed E-state index contributed by atoms with van der Waals surface area (Å²) in [6.45, 7) is 5.50. The molecule has 1 aliphatic carbocycles. The van der Waals surface area contributed by atoms with Crippen LogP contribution in [-0.2, 0) is 9.53 Å². The molecule has 1 saturated carbocycles. The van der Waals surface area contributed by atoms with Crippen molar-refractivity contribution in [3.8, 4) is 11.3 Å². The van der Waals surface area contributed by atoms with Crippen molar-refractivity contribution in [3.05, 3.63) is 66.4 Å². The van der Waals surface area contributed by atoms with E-state index >= 15 is 0 Å². The van der Waals surface area contributed by atoms with Crippen LogP contribution in [0.5, 0.6) is 0 Å². The van der Waals surface area contributed by atoms with Gasteiger partial charge < -0.3 is 26.4 Å². The van der Waals surface area contributed by atoms with Crippen molar-refractivity contribution in [2.45, 2.75) is 12.8 Å². The first-order valence-electron chi connectivity index (χ1n) is 11.2. The van der Waals surface area contributed by atoms with Crippen molar-refractivity contribution < 1.29 is 14.3 Å². The molecule has 0 radical (unpaired) electrons. The van der Waals surface area contributed by atoms with Crippen molar-refractivity contribution in [3.63, 3.8) is 0 Å². The lowest BCUT2D eigenvalue weighted by Gasteiger charge is -2.27. The van der Waals surface area contributed by atoms with Gasteiger partial charge in [-0.2, -0.15) is 0 Å². The van der Waals surface area contributed by atoms with E-state index in [1.165, 1.54) is 6.08 Å².